The van der Waals surface area contributed by atoms with E-state index in [9.17, 15) is 9.59 Å². The van der Waals surface area contributed by atoms with Crippen LogP contribution in [0.4, 0.5) is 0 Å². The van der Waals surface area contributed by atoms with Crippen molar-refractivity contribution in [3.8, 4) is 0 Å². The Labute approximate surface area is 144 Å². The Balaban J connectivity index is 1.45. The number of carbonyl (C=O) groups is 2. The number of hydrogen-bond acceptors (Lipinski definition) is 3. The molecule has 1 aliphatic heterocycles. The monoisotopic (exact) mass is 334 g/mol. The predicted octanol–water partition coefficient (Wildman–Crippen LogP) is 2.61. The van der Waals surface area contributed by atoms with Crippen LogP contribution in [0.3, 0.4) is 0 Å². The summed E-state index contributed by atoms with van der Waals surface area (Å²) >= 11 is 0. The molecule has 0 saturated heterocycles. The molecular weight excluding hydrogens is 316 g/mol. The largest absolute Gasteiger partial charge is 0.346 e. The van der Waals surface area contributed by atoms with Crippen molar-refractivity contribution >= 4 is 22.8 Å². The summed E-state index contributed by atoms with van der Waals surface area (Å²) in [5.74, 6) is 0.457. The predicted molar refractivity (Wildman–Crippen MR) is 93.9 cm³/mol. The van der Waals surface area contributed by atoms with Gasteiger partial charge in [0.25, 0.3) is 5.91 Å². The van der Waals surface area contributed by atoms with Gasteiger partial charge in [0.05, 0.1) is 29.5 Å². The highest BCUT2D eigenvalue weighted by atomic mass is 16.2. The smallest absolute Gasteiger partial charge is 0.252 e. The van der Waals surface area contributed by atoms with Gasteiger partial charge in [-0.1, -0.05) is 30.3 Å². The van der Waals surface area contributed by atoms with Crippen molar-refractivity contribution in [1.82, 2.24) is 20.6 Å². The van der Waals surface area contributed by atoms with Crippen LogP contribution in [-0.2, 0) is 4.79 Å². The standard InChI is InChI=1S/C19H18N4O2/c1-11(18-21-14-8-4-5-9-15(14)22-18)20-17(24)10-16-12-6-2-3-7-13(12)19(25)23-16/h2-9,11,16H,10H2,1H3,(H,20,24)(H,21,22)(H,23,25)/t11-,16-/m0/s1. The van der Waals surface area contributed by atoms with Gasteiger partial charge in [-0.05, 0) is 30.7 Å². The van der Waals surface area contributed by atoms with Crippen LogP contribution < -0.4 is 10.6 Å². The van der Waals surface area contributed by atoms with Gasteiger partial charge in [-0.25, -0.2) is 4.98 Å². The minimum Gasteiger partial charge on any atom is -0.346 e. The van der Waals surface area contributed by atoms with E-state index in [2.05, 4.69) is 20.6 Å². The van der Waals surface area contributed by atoms with Gasteiger partial charge in [0.15, 0.2) is 0 Å². The lowest BCUT2D eigenvalue weighted by Crippen LogP contribution is -2.31. The minimum atomic E-state index is -0.286. The molecule has 6 heteroatoms. The molecular formula is C19H18N4O2. The third kappa shape index (κ3) is 2.87. The lowest BCUT2D eigenvalue weighted by molar-refractivity contribution is -0.122. The lowest BCUT2D eigenvalue weighted by Gasteiger charge is -2.15. The van der Waals surface area contributed by atoms with E-state index in [1.165, 1.54) is 0 Å². The van der Waals surface area contributed by atoms with E-state index in [1.54, 1.807) is 6.07 Å². The fraction of sp³-hybridized carbons (Fsp3) is 0.211. The molecule has 2 heterocycles. The number of nitrogens with zero attached hydrogens (tertiary/aromatic N) is 1. The molecule has 1 aromatic heterocycles. The molecule has 25 heavy (non-hydrogen) atoms. The van der Waals surface area contributed by atoms with E-state index in [0.717, 1.165) is 16.6 Å². The normalized spacial score (nSPS) is 17.2. The molecule has 0 spiro atoms. The number of carbonyl (C=O) groups excluding carboxylic acids is 2. The number of imidazole rings is 1. The fourth-order valence-corrected chi connectivity index (χ4v) is 3.21. The third-order valence-electron chi connectivity index (χ3n) is 4.47. The summed E-state index contributed by atoms with van der Waals surface area (Å²) in [4.78, 5) is 32.1. The molecule has 4 rings (SSSR count). The fourth-order valence-electron chi connectivity index (χ4n) is 3.21. The van der Waals surface area contributed by atoms with E-state index >= 15 is 0 Å². The number of nitrogens with one attached hydrogen (secondary N) is 3. The number of benzene rings is 2. The van der Waals surface area contributed by atoms with Gasteiger partial charge in [-0.3, -0.25) is 9.59 Å². The Hall–Kier alpha value is -3.15. The molecule has 126 valence electrons. The van der Waals surface area contributed by atoms with Crippen molar-refractivity contribution in [2.45, 2.75) is 25.4 Å². The van der Waals surface area contributed by atoms with Crippen molar-refractivity contribution in [3.05, 3.63) is 65.5 Å². The first kappa shape index (κ1) is 15.4. The molecule has 3 aromatic rings. The van der Waals surface area contributed by atoms with Gasteiger partial charge >= 0.3 is 0 Å². The van der Waals surface area contributed by atoms with Gasteiger partial charge in [-0.2, -0.15) is 0 Å². The second kappa shape index (κ2) is 6.05. The van der Waals surface area contributed by atoms with Crippen LogP contribution in [0.15, 0.2) is 48.5 Å². The van der Waals surface area contributed by atoms with Crippen molar-refractivity contribution in [3.63, 3.8) is 0 Å². The molecule has 0 radical (unpaired) electrons. The molecule has 2 atom stereocenters. The van der Waals surface area contributed by atoms with Gasteiger partial charge in [-0.15, -0.1) is 0 Å². The SMILES string of the molecule is C[C@H](NC(=O)C[C@@H]1NC(=O)c2ccccc21)c1nc2ccccc2[nH]1. The Morgan fingerprint density at radius 2 is 1.96 bits per heavy atom. The maximum atomic E-state index is 12.4. The van der Waals surface area contributed by atoms with Crippen LogP contribution >= 0.6 is 0 Å². The van der Waals surface area contributed by atoms with Gasteiger partial charge < -0.3 is 15.6 Å². The van der Waals surface area contributed by atoms with Crippen LogP contribution in [0.1, 0.15) is 47.2 Å². The summed E-state index contributed by atoms with van der Waals surface area (Å²) in [5, 5.41) is 5.81. The topological polar surface area (TPSA) is 86.9 Å². The number of aromatic nitrogens is 2. The van der Waals surface area contributed by atoms with Crippen LogP contribution in [0.5, 0.6) is 0 Å². The Bertz CT molecular complexity index is 930. The maximum Gasteiger partial charge on any atom is 0.252 e. The maximum absolute atomic E-state index is 12.4. The zero-order valence-corrected chi connectivity index (χ0v) is 13.7. The second-order valence-corrected chi connectivity index (χ2v) is 6.25. The van der Waals surface area contributed by atoms with Crippen LogP contribution in [-0.4, -0.2) is 21.8 Å². The molecule has 1 aliphatic rings. The highest BCUT2D eigenvalue weighted by Crippen LogP contribution is 2.27. The highest BCUT2D eigenvalue weighted by molar-refractivity contribution is 5.99. The zero-order valence-electron chi connectivity index (χ0n) is 13.7. The first-order valence-electron chi connectivity index (χ1n) is 8.25. The quantitative estimate of drug-likeness (QED) is 0.685. The highest BCUT2D eigenvalue weighted by Gasteiger charge is 2.29. The molecule has 2 amide bonds. The third-order valence-corrected chi connectivity index (χ3v) is 4.47. The van der Waals surface area contributed by atoms with Crippen molar-refractivity contribution in [2.75, 3.05) is 0 Å². The minimum absolute atomic E-state index is 0.126. The van der Waals surface area contributed by atoms with E-state index in [-0.39, 0.29) is 30.3 Å². The number of aromatic amines is 1. The number of amides is 2. The van der Waals surface area contributed by atoms with Gasteiger partial charge in [0.1, 0.15) is 5.82 Å². The average molecular weight is 334 g/mol. The van der Waals surface area contributed by atoms with Crippen LogP contribution in [0.25, 0.3) is 11.0 Å². The van der Waals surface area contributed by atoms with Crippen molar-refractivity contribution < 1.29 is 9.59 Å². The number of H-pyrrole nitrogens is 1. The number of fused-ring (bicyclic) bond motifs is 2. The van der Waals surface area contributed by atoms with E-state index in [0.29, 0.717) is 11.4 Å². The molecule has 3 N–H and O–H groups in total. The first-order chi connectivity index (χ1) is 12.1. The number of hydrogen-bond donors (Lipinski definition) is 3. The molecule has 0 fully saturated rings. The average Bonchev–Trinajstić information content (AvgIpc) is 3.17. The lowest BCUT2D eigenvalue weighted by atomic mass is 10.0. The van der Waals surface area contributed by atoms with Gasteiger partial charge in [0, 0.05) is 5.56 Å². The molecule has 2 aromatic carbocycles. The number of rotatable bonds is 4. The second-order valence-electron chi connectivity index (χ2n) is 6.25. The molecule has 0 unspecified atom stereocenters. The van der Waals surface area contributed by atoms with E-state index < -0.39 is 0 Å². The summed E-state index contributed by atoms with van der Waals surface area (Å²) < 4.78 is 0. The Kier molecular flexibility index (Phi) is 3.72. The summed E-state index contributed by atoms with van der Waals surface area (Å²) in [6.45, 7) is 1.89. The van der Waals surface area contributed by atoms with Crippen molar-refractivity contribution in [1.29, 1.82) is 0 Å². The molecule has 0 bridgehead atoms. The summed E-state index contributed by atoms with van der Waals surface area (Å²) in [5.41, 5.74) is 3.33. The summed E-state index contributed by atoms with van der Waals surface area (Å²) in [6, 6.07) is 14.6. The summed E-state index contributed by atoms with van der Waals surface area (Å²) in [7, 11) is 0. The van der Waals surface area contributed by atoms with E-state index in [4.69, 9.17) is 0 Å². The van der Waals surface area contributed by atoms with Crippen LogP contribution in [0, 0.1) is 0 Å². The zero-order chi connectivity index (χ0) is 17.4. The molecule has 0 aliphatic carbocycles. The summed E-state index contributed by atoms with van der Waals surface area (Å²) in [6.07, 6.45) is 0.202. The van der Waals surface area contributed by atoms with E-state index in [1.807, 2.05) is 49.4 Å². The Morgan fingerprint density at radius 3 is 2.80 bits per heavy atom. The van der Waals surface area contributed by atoms with Crippen molar-refractivity contribution in [2.24, 2.45) is 0 Å². The van der Waals surface area contributed by atoms with Crippen LogP contribution in [0.2, 0.25) is 0 Å². The Morgan fingerprint density at radius 1 is 1.20 bits per heavy atom. The first-order valence-corrected chi connectivity index (χ1v) is 8.25. The molecule has 6 nitrogen and oxygen atoms in total. The number of para-hydroxylation sites is 2. The molecule has 0 saturated carbocycles. The van der Waals surface area contributed by atoms with Gasteiger partial charge in [0.2, 0.25) is 5.91 Å².